The highest BCUT2D eigenvalue weighted by Crippen LogP contribution is 2.41. The number of aromatic carboxylic acids is 1. The maximum absolute atomic E-state index is 11.2. The number of carbonyl (C=O) groups is 1. The highest BCUT2D eigenvalue weighted by atomic mass is 16.4. The van der Waals surface area contributed by atoms with Crippen molar-refractivity contribution in [2.24, 2.45) is 7.05 Å². The molecule has 0 bridgehead atoms. The summed E-state index contributed by atoms with van der Waals surface area (Å²) in [6.07, 6.45) is 2.90. The molecule has 0 amide bonds. The summed E-state index contributed by atoms with van der Waals surface area (Å²) in [4.78, 5) is 11.2. The topological polar surface area (TPSA) is 85.8 Å². The molecule has 1 aliphatic rings. The van der Waals surface area contributed by atoms with Crippen molar-refractivity contribution in [1.82, 2.24) is 24.8 Å². The van der Waals surface area contributed by atoms with Crippen molar-refractivity contribution in [3.05, 3.63) is 28.8 Å². The van der Waals surface area contributed by atoms with Gasteiger partial charge in [0.25, 0.3) is 0 Å². The van der Waals surface area contributed by atoms with E-state index in [1.165, 1.54) is 0 Å². The van der Waals surface area contributed by atoms with E-state index in [2.05, 4.69) is 22.3 Å². The monoisotopic (exact) mass is 275 g/mol. The van der Waals surface area contributed by atoms with Crippen molar-refractivity contribution in [3.63, 3.8) is 0 Å². The molecule has 0 aromatic carbocycles. The zero-order chi connectivity index (χ0) is 14.3. The van der Waals surface area contributed by atoms with Crippen LogP contribution in [0.2, 0.25) is 0 Å². The van der Waals surface area contributed by atoms with Crippen LogP contribution in [0.3, 0.4) is 0 Å². The van der Waals surface area contributed by atoms with Gasteiger partial charge in [-0.15, -0.1) is 5.10 Å². The summed E-state index contributed by atoms with van der Waals surface area (Å²) in [5.74, 6) is -0.715. The Morgan fingerprint density at radius 1 is 1.50 bits per heavy atom. The lowest BCUT2D eigenvalue weighted by atomic mass is 10.2. The van der Waals surface area contributed by atoms with Crippen LogP contribution in [0, 0.1) is 0 Å². The highest BCUT2D eigenvalue weighted by molar-refractivity contribution is 5.86. The summed E-state index contributed by atoms with van der Waals surface area (Å²) in [6.45, 7) is 2.56. The molecule has 1 fully saturated rings. The molecule has 0 aliphatic heterocycles. The van der Waals surface area contributed by atoms with Crippen LogP contribution in [-0.4, -0.2) is 35.9 Å². The molecular formula is C13H17N5O2. The summed E-state index contributed by atoms with van der Waals surface area (Å²) < 4.78 is 3.52. The first kappa shape index (κ1) is 12.8. The van der Waals surface area contributed by atoms with Gasteiger partial charge in [0.05, 0.1) is 23.6 Å². The van der Waals surface area contributed by atoms with Crippen LogP contribution in [0.5, 0.6) is 0 Å². The average molecular weight is 275 g/mol. The minimum atomic E-state index is -1.00. The Hall–Kier alpha value is -2.18. The molecule has 20 heavy (non-hydrogen) atoms. The van der Waals surface area contributed by atoms with Crippen molar-refractivity contribution in [1.29, 1.82) is 0 Å². The van der Waals surface area contributed by atoms with E-state index in [9.17, 15) is 9.90 Å². The van der Waals surface area contributed by atoms with Gasteiger partial charge in [-0.1, -0.05) is 12.1 Å². The van der Waals surface area contributed by atoms with Gasteiger partial charge in [-0.2, -0.15) is 5.10 Å². The van der Waals surface area contributed by atoms with Gasteiger partial charge in [0, 0.05) is 13.0 Å². The molecule has 2 heterocycles. The Morgan fingerprint density at radius 2 is 2.25 bits per heavy atom. The fourth-order valence-corrected chi connectivity index (χ4v) is 2.40. The molecule has 7 nitrogen and oxygen atoms in total. The number of hydrogen-bond donors (Lipinski definition) is 1. The third kappa shape index (κ3) is 2.19. The quantitative estimate of drug-likeness (QED) is 0.886. The summed E-state index contributed by atoms with van der Waals surface area (Å²) in [5, 5.41) is 21.4. The maximum Gasteiger partial charge on any atom is 0.358 e. The fraction of sp³-hybridized carbons (Fsp3) is 0.538. The van der Waals surface area contributed by atoms with E-state index >= 15 is 0 Å². The summed E-state index contributed by atoms with van der Waals surface area (Å²) in [6, 6.07) is 2.03. The molecule has 0 unspecified atom stereocenters. The number of hydrogen-bond acceptors (Lipinski definition) is 4. The first-order valence-electron chi connectivity index (χ1n) is 6.78. The number of aryl methyl sites for hydroxylation is 2. The van der Waals surface area contributed by atoms with E-state index in [0.717, 1.165) is 36.3 Å². The minimum Gasteiger partial charge on any atom is -0.476 e. The molecular weight excluding hydrogens is 258 g/mol. The number of carboxylic acid groups (broad SMARTS) is 1. The first-order valence-corrected chi connectivity index (χ1v) is 6.78. The van der Waals surface area contributed by atoms with Crippen molar-refractivity contribution < 1.29 is 9.90 Å². The van der Waals surface area contributed by atoms with Crippen molar-refractivity contribution in [2.45, 2.75) is 38.6 Å². The van der Waals surface area contributed by atoms with Crippen LogP contribution in [0.25, 0.3) is 0 Å². The summed E-state index contributed by atoms with van der Waals surface area (Å²) in [7, 11) is 1.89. The Labute approximate surface area is 116 Å². The van der Waals surface area contributed by atoms with Crippen LogP contribution >= 0.6 is 0 Å². The predicted octanol–water partition coefficient (Wildman–Crippen LogP) is 1.20. The lowest BCUT2D eigenvalue weighted by molar-refractivity contribution is 0.0689. The smallest absolute Gasteiger partial charge is 0.358 e. The van der Waals surface area contributed by atoms with Crippen LogP contribution in [-0.2, 0) is 20.0 Å². The van der Waals surface area contributed by atoms with Gasteiger partial charge in [-0.05, 0) is 25.3 Å². The number of rotatable bonds is 5. The summed E-state index contributed by atoms with van der Waals surface area (Å²) >= 11 is 0. The normalized spacial score (nSPS) is 14.7. The van der Waals surface area contributed by atoms with Gasteiger partial charge in [-0.25, -0.2) is 9.48 Å². The van der Waals surface area contributed by atoms with Gasteiger partial charge >= 0.3 is 5.97 Å². The van der Waals surface area contributed by atoms with E-state index in [0.29, 0.717) is 6.54 Å². The molecule has 1 N–H and O–H groups in total. The molecule has 1 aliphatic carbocycles. The molecule has 0 radical (unpaired) electrons. The van der Waals surface area contributed by atoms with Crippen LogP contribution in [0.15, 0.2) is 6.07 Å². The number of nitrogens with zero attached hydrogens (tertiary/aromatic N) is 5. The summed E-state index contributed by atoms with van der Waals surface area (Å²) in [5.41, 5.74) is 2.86. The largest absolute Gasteiger partial charge is 0.476 e. The van der Waals surface area contributed by atoms with Gasteiger partial charge < -0.3 is 5.11 Å². The standard InChI is InChI=1S/C13H17N5O2/c1-3-9-6-10(17(2)15-9)7-18-12(8-4-5-8)11(13(19)20)14-16-18/h6,8H,3-5,7H2,1-2H3,(H,19,20). The molecule has 106 valence electrons. The van der Waals surface area contributed by atoms with Gasteiger partial charge in [-0.3, -0.25) is 4.68 Å². The average Bonchev–Trinajstić information content (AvgIpc) is 3.07. The van der Waals surface area contributed by atoms with Crippen molar-refractivity contribution >= 4 is 5.97 Å². The lowest BCUT2D eigenvalue weighted by Crippen LogP contribution is -2.11. The molecule has 2 aromatic rings. The molecule has 1 saturated carbocycles. The zero-order valence-corrected chi connectivity index (χ0v) is 11.6. The van der Waals surface area contributed by atoms with E-state index in [-0.39, 0.29) is 11.6 Å². The molecule has 0 atom stereocenters. The Kier molecular flexibility index (Phi) is 3.04. The number of carboxylic acids is 1. The molecule has 0 saturated heterocycles. The lowest BCUT2D eigenvalue weighted by Gasteiger charge is -2.06. The Morgan fingerprint density at radius 3 is 2.80 bits per heavy atom. The Bertz CT molecular complexity index is 654. The van der Waals surface area contributed by atoms with Gasteiger partial charge in [0.1, 0.15) is 0 Å². The van der Waals surface area contributed by atoms with Crippen molar-refractivity contribution in [3.8, 4) is 0 Å². The molecule has 7 heteroatoms. The van der Waals surface area contributed by atoms with Gasteiger partial charge in [0.2, 0.25) is 0 Å². The van der Waals surface area contributed by atoms with E-state index in [1.54, 1.807) is 4.68 Å². The minimum absolute atomic E-state index is 0.0883. The fourth-order valence-electron chi connectivity index (χ4n) is 2.40. The van der Waals surface area contributed by atoms with E-state index in [4.69, 9.17) is 0 Å². The van der Waals surface area contributed by atoms with Crippen LogP contribution in [0.4, 0.5) is 0 Å². The molecule has 0 spiro atoms. The molecule has 2 aromatic heterocycles. The second kappa shape index (κ2) is 4.73. The molecule has 3 rings (SSSR count). The van der Waals surface area contributed by atoms with Crippen molar-refractivity contribution in [2.75, 3.05) is 0 Å². The second-order valence-corrected chi connectivity index (χ2v) is 5.16. The Balaban J connectivity index is 1.94. The van der Waals surface area contributed by atoms with Gasteiger partial charge in [0.15, 0.2) is 5.69 Å². The SMILES string of the molecule is CCc1cc(Cn2nnc(C(=O)O)c2C2CC2)n(C)n1. The third-order valence-corrected chi connectivity index (χ3v) is 3.64. The van der Waals surface area contributed by atoms with Crippen LogP contribution in [0.1, 0.15) is 53.3 Å². The zero-order valence-electron chi connectivity index (χ0n) is 11.6. The third-order valence-electron chi connectivity index (χ3n) is 3.64. The van der Waals surface area contributed by atoms with E-state index in [1.807, 2.05) is 17.8 Å². The second-order valence-electron chi connectivity index (χ2n) is 5.16. The first-order chi connectivity index (χ1) is 9.60. The predicted molar refractivity (Wildman–Crippen MR) is 70.6 cm³/mol. The maximum atomic E-state index is 11.2. The highest BCUT2D eigenvalue weighted by Gasteiger charge is 2.33. The van der Waals surface area contributed by atoms with E-state index < -0.39 is 5.97 Å². The number of aromatic nitrogens is 5. The van der Waals surface area contributed by atoms with Crippen LogP contribution < -0.4 is 0 Å².